The predicted molar refractivity (Wildman–Crippen MR) is 131 cm³/mol. The van der Waals surface area contributed by atoms with E-state index < -0.39 is 29.9 Å². The molecule has 8 nitrogen and oxygen atoms in total. The minimum atomic E-state index is -4.47. The van der Waals surface area contributed by atoms with E-state index in [-0.39, 0.29) is 0 Å². The SMILES string of the molecule is C[C@H](NC(=O)C(n1cnc2cccc(C#N)c21)n1cnc2cccc(C#N)c21)c1ccc(C(F)(F)F)cc1. The normalized spacial score (nSPS) is 12.4. The molecule has 0 saturated heterocycles. The molecule has 1 amide bonds. The topological polar surface area (TPSA) is 112 Å². The molecule has 0 spiro atoms. The zero-order chi connectivity index (χ0) is 27.0. The van der Waals surface area contributed by atoms with Crippen LogP contribution in [0.3, 0.4) is 0 Å². The fourth-order valence-corrected chi connectivity index (χ4v) is 4.45. The minimum Gasteiger partial charge on any atom is -0.346 e. The van der Waals surface area contributed by atoms with E-state index in [0.717, 1.165) is 12.1 Å². The molecule has 3 aromatic carbocycles. The number of halogens is 3. The van der Waals surface area contributed by atoms with Crippen molar-refractivity contribution in [3.8, 4) is 12.1 Å². The van der Waals surface area contributed by atoms with Crippen molar-refractivity contribution in [1.29, 1.82) is 10.5 Å². The largest absolute Gasteiger partial charge is 0.416 e. The van der Waals surface area contributed by atoms with Gasteiger partial charge < -0.3 is 5.32 Å². The van der Waals surface area contributed by atoms with E-state index in [1.807, 2.05) is 0 Å². The number of rotatable bonds is 5. The number of nitriles is 2. The number of nitrogens with zero attached hydrogens (tertiary/aromatic N) is 6. The molecule has 0 aliphatic heterocycles. The Kier molecular flexibility index (Phi) is 6.05. The van der Waals surface area contributed by atoms with E-state index in [2.05, 4.69) is 27.4 Å². The Balaban J connectivity index is 1.62. The minimum absolute atomic E-state index is 0.290. The number of fused-ring (bicyclic) bond motifs is 2. The lowest BCUT2D eigenvalue weighted by atomic mass is 10.1. The maximum atomic E-state index is 13.9. The van der Waals surface area contributed by atoms with Gasteiger partial charge in [-0.25, -0.2) is 9.97 Å². The summed E-state index contributed by atoms with van der Waals surface area (Å²) in [6.45, 7) is 1.65. The molecule has 1 atom stereocenters. The van der Waals surface area contributed by atoms with Crippen LogP contribution in [0.2, 0.25) is 0 Å². The number of carbonyl (C=O) groups is 1. The van der Waals surface area contributed by atoms with Gasteiger partial charge in [0.25, 0.3) is 5.91 Å². The highest BCUT2D eigenvalue weighted by atomic mass is 19.4. The molecule has 5 rings (SSSR count). The first-order valence-electron chi connectivity index (χ1n) is 11.4. The van der Waals surface area contributed by atoms with Crippen LogP contribution in [0, 0.1) is 22.7 Å². The fourth-order valence-electron chi connectivity index (χ4n) is 4.45. The second kappa shape index (κ2) is 9.37. The van der Waals surface area contributed by atoms with Crippen molar-refractivity contribution < 1.29 is 18.0 Å². The van der Waals surface area contributed by atoms with Crippen LogP contribution in [0.25, 0.3) is 22.1 Å². The number of imidazole rings is 2. The van der Waals surface area contributed by atoms with E-state index in [1.165, 1.54) is 33.9 Å². The van der Waals surface area contributed by atoms with Gasteiger partial charge in [-0.3, -0.25) is 13.9 Å². The van der Waals surface area contributed by atoms with Crippen molar-refractivity contribution in [2.45, 2.75) is 25.3 Å². The van der Waals surface area contributed by atoms with Gasteiger partial charge in [0, 0.05) is 0 Å². The summed E-state index contributed by atoms with van der Waals surface area (Å²) in [7, 11) is 0. The van der Waals surface area contributed by atoms with E-state index in [0.29, 0.717) is 38.8 Å². The average molecular weight is 513 g/mol. The van der Waals surface area contributed by atoms with Crippen LogP contribution < -0.4 is 5.32 Å². The molecule has 0 radical (unpaired) electrons. The number of para-hydroxylation sites is 2. The summed E-state index contributed by atoms with van der Waals surface area (Å²) in [5.74, 6) is -0.545. The number of hydrogen-bond acceptors (Lipinski definition) is 5. The van der Waals surface area contributed by atoms with Crippen molar-refractivity contribution in [3.63, 3.8) is 0 Å². The van der Waals surface area contributed by atoms with Gasteiger partial charge in [0.2, 0.25) is 0 Å². The number of aromatic nitrogens is 4. The third kappa shape index (κ3) is 4.20. The molecule has 0 aliphatic rings. The van der Waals surface area contributed by atoms with Gasteiger partial charge in [0.15, 0.2) is 6.17 Å². The summed E-state index contributed by atoms with van der Waals surface area (Å²) in [6.07, 6.45) is -2.78. The van der Waals surface area contributed by atoms with Crippen LogP contribution >= 0.6 is 0 Å². The molecule has 0 saturated carbocycles. The highest BCUT2D eigenvalue weighted by Crippen LogP contribution is 2.31. The maximum absolute atomic E-state index is 13.9. The van der Waals surface area contributed by atoms with Gasteiger partial charge in [-0.1, -0.05) is 24.3 Å². The van der Waals surface area contributed by atoms with Gasteiger partial charge >= 0.3 is 6.18 Å². The summed E-state index contributed by atoms with van der Waals surface area (Å²) < 4.78 is 42.0. The molecular formula is C27H18F3N7O. The Morgan fingerprint density at radius 3 is 1.82 bits per heavy atom. The van der Waals surface area contributed by atoms with Gasteiger partial charge in [0.05, 0.1) is 57.5 Å². The van der Waals surface area contributed by atoms with Gasteiger partial charge in [-0.15, -0.1) is 0 Å². The first-order chi connectivity index (χ1) is 18.2. The molecule has 188 valence electrons. The smallest absolute Gasteiger partial charge is 0.346 e. The predicted octanol–water partition coefficient (Wildman–Crippen LogP) is 5.07. The summed E-state index contributed by atoms with van der Waals surface area (Å²) >= 11 is 0. The van der Waals surface area contributed by atoms with E-state index in [1.54, 1.807) is 43.3 Å². The van der Waals surface area contributed by atoms with Gasteiger partial charge in [0.1, 0.15) is 12.1 Å². The number of carbonyl (C=O) groups excluding carboxylic acids is 1. The third-order valence-corrected chi connectivity index (χ3v) is 6.29. The zero-order valence-electron chi connectivity index (χ0n) is 19.8. The molecule has 0 fully saturated rings. The number of nitrogens with one attached hydrogen (secondary N) is 1. The molecule has 0 aliphatic carbocycles. The van der Waals surface area contributed by atoms with Crippen molar-refractivity contribution in [2.75, 3.05) is 0 Å². The monoisotopic (exact) mass is 513 g/mol. The molecular weight excluding hydrogens is 495 g/mol. The molecule has 11 heteroatoms. The zero-order valence-corrected chi connectivity index (χ0v) is 19.8. The lowest BCUT2D eigenvalue weighted by Crippen LogP contribution is -2.37. The molecule has 0 bridgehead atoms. The van der Waals surface area contributed by atoms with E-state index >= 15 is 0 Å². The van der Waals surface area contributed by atoms with Crippen LogP contribution in [-0.2, 0) is 11.0 Å². The summed E-state index contributed by atoms with van der Waals surface area (Å²) in [6, 6.07) is 18.1. The fraction of sp³-hybridized carbons (Fsp3) is 0.148. The summed E-state index contributed by atoms with van der Waals surface area (Å²) in [5.41, 5.74) is 2.05. The standard InChI is InChI=1S/C27H18F3N7O/c1-16(17-8-10-20(11-9-17)27(28,29)30)35-25(38)26(36-14-33-21-6-2-4-18(12-31)23(21)36)37-15-34-22-7-3-5-19(13-32)24(22)37/h2-11,14-16,26H,1H3,(H,35,38)/t16-/m0/s1. The first kappa shape index (κ1) is 24.5. The number of alkyl halides is 3. The van der Waals surface area contributed by atoms with Gasteiger partial charge in [-0.2, -0.15) is 23.7 Å². The first-order valence-corrected chi connectivity index (χ1v) is 11.4. The van der Waals surface area contributed by atoms with E-state index in [9.17, 15) is 28.5 Å². The second-order valence-electron chi connectivity index (χ2n) is 8.60. The number of amides is 1. The van der Waals surface area contributed by atoms with Crippen LogP contribution in [-0.4, -0.2) is 25.0 Å². The molecule has 2 aromatic heterocycles. The van der Waals surface area contributed by atoms with Crippen LogP contribution in [0.5, 0.6) is 0 Å². The molecule has 38 heavy (non-hydrogen) atoms. The highest BCUT2D eigenvalue weighted by molar-refractivity contribution is 5.89. The van der Waals surface area contributed by atoms with Gasteiger partial charge in [-0.05, 0) is 48.9 Å². The summed E-state index contributed by atoms with van der Waals surface area (Å²) in [5, 5.41) is 22.3. The lowest BCUT2D eigenvalue weighted by molar-refractivity contribution is -0.137. The molecule has 1 N–H and O–H groups in total. The Hall–Kier alpha value is -5.16. The second-order valence-corrected chi connectivity index (χ2v) is 8.60. The summed E-state index contributed by atoms with van der Waals surface area (Å²) in [4.78, 5) is 22.6. The molecule has 2 heterocycles. The van der Waals surface area contributed by atoms with E-state index in [4.69, 9.17) is 0 Å². The Morgan fingerprint density at radius 1 is 0.868 bits per heavy atom. The maximum Gasteiger partial charge on any atom is 0.416 e. The molecule has 5 aromatic rings. The van der Waals surface area contributed by atoms with Crippen LogP contribution in [0.1, 0.15) is 41.4 Å². The van der Waals surface area contributed by atoms with Crippen LogP contribution in [0.15, 0.2) is 73.3 Å². The molecule has 0 unspecified atom stereocenters. The Morgan fingerprint density at radius 2 is 1.37 bits per heavy atom. The highest BCUT2D eigenvalue weighted by Gasteiger charge is 2.31. The van der Waals surface area contributed by atoms with Crippen LogP contribution in [0.4, 0.5) is 13.2 Å². The average Bonchev–Trinajstić information content (AvgIpc) is 3.53. The number of benzene rings is 3. The van der Waals surface area contributed by atoms with Crippen molar-refractivity contribution in [1.82, 2.24) is 24.4 Å². The Bertz CT molecular complexity index is 1660. The lowest BCUT2D eigenvalue weighted by Gasteiger charge is -2.24. The quantitative estimate of drug-likeness (QED) is 0.353. The van der Waals surface area contributed by atoms with Crippen molar-refractivity contribution >= 4 is 28.0 Å². The number of hydrogen-bond donors (Lipinski definition) is 1. The Labute approximate surface area is 214 Å². The van der Waals surface area contributed by atoms with Crippen molar-refractivity contribution in [2.24, 2.45) is 0 Å². The van der Waals surface area contributed by atoms with Crippen molar-refractivity contribution in [3.05, 3.63) is 95.6 Å². The third-order valence-electron chi connectivity index (χ3n) is 6.29.